The Kier molecular flexibility index (Phi) is 2.59. The summed E-state index contributed by atoms with van der Waals surface area (Å²) in [4.78, 5) is 6.70. The van der Waals surface area contributed by atoms with E-state index < -0.39 is 11.6 Å². The van der Waals surface area contributed by atoms with Crippen LogP contribution >= 0.6 is 11.8 Å². The van der Waals surface area contributed by atoms with Gasteiger partial charge in [0.15, 0.2) is 16.8 Å². The first-order valence-corrected chi connectivity index (χ1v) is 4.91. The van der Waals surface area contributed by atoms with Gasteiger partial charge < -0.3 is 10.7 Å². The maximum absolute atomic E-state index is 13.3. The number of imidazole rings is 1. The Morgan fingerprint density at radius 3 is 2.80 bits per heavy atom. The molecule has 0 atom stereocenters. The van der Waals surface area contributed by atoms with Crippen molar-refractivity contribution < 1.29 is 8.78 Å². The lowest BCUT2D eigenvalue weighted by molar-refractivity contribution is 0.492. The van der Waals surface area contributed by atoms with E-state index in [1.54, 1.807) is 6.20 Å². The van der Waals surface area contributed by atoms with Crippen molar-refractivity contribution in [2.75, 3.05) is 5.73 Å². The van der Waals surface area contributed by atoms with E-state index in [0.29, 0.717) is 5.16 Å². The van der Waals surface area contributed by atoms with Gasteiger partial charge >= 0.3 is 0 Å². The first kappa shape index (κ1) is 9.97. The van der Waals surface area contributed by atoms with E-state index in [9.17, 15) is 8.78 Å². The molecule has 0 saturated carbocycles. The predicted octanol–water partition coefficient (Wildman–Crippen LogP) is 2.42. The molecule has 0 fully saturated rings. The lowest BCUT2D eigenvalue weighted by atomic mass is 10.3. The van der Waals surface area contributed by atoms with Gasteiger partial charge in [-0.25, -0.2) is 13.8 Å². The zero-order valence-electron chi connectivity index (χ0n) is 7.50. The van der Waals surface area contributed by atoms with E-state index in [-0.39, 0.29) is 10.6 Å². The maximum atomic E-state index is 13.3. The number of H-pyrrole nitrogens is 1. The monoisotopic (exact) mass is 227 g/mol. The summed E-state index contributed by atoms with van der Waals surface area (Å²) in [5.74, 6) is -1.87. The zero-order chi connectivity index (χ0) is 10.8. The fourth-order valence-electron chi connectivity index (χ4n) is 1.05. The van der Waals surface area contributed by atoms with Crippen molar-refractivity contribution in [2.24, 2.45) is 0 Å². The molecule has 78 valence electrons. The molecule has 1 aromatic carbocycles. The molecule has 0 bridgehead atoms. The van der Waals surface area contributed by atoms with Gasteiger partial charge in [-0.15, -0.1) is 0 Å². The Bertz CT molecular complexity index is 470. The van der Waals surface area contributed by atoms with Gasteiger partial charge in [-0.05, 0) is 23.9 Å². The normalized spacial score (nSPS) is 10.5. The quantitative estimate of drug-likeness (QED) is 0.775. The summed E-state index contributed by atoms with van der Waals surface area (Å²) >= 11 is 0.955. The van der Waals surface area contributed by atoms with Gasteiger partial charge in [0.1, 0.15) is 0 Å². The molecule has 0 unspecified atom stereocenters. The third kappa shape index (κ3) is 1.94. The Labute approximate surface area is 88.7 Å². The molecule has 3 N–H and O–H groups in total. The zero-order valence-corrected chi connectivity index (χ0v) is 8.31. The summed E-state index contributed by atoms with van der Waals surface area (Å²) in [6, 6.07) is 2.32. The second kappa shape index (κ2) is 3.90. The topological polar surface area (TPSA) is 54.7 Å². The largest absolute Gasteiger partial charge is 0.398 e. The molecule has 0 amide bonds. The van der Waals surface area contributed by atoms with E-state index in [4.69, 9.17) is 5.73 Å². The van der Waals surface area contributed by atoms with E-state index >= 15 is 0 Å². The molecule has 2 aromatic rings. The van der Waals surface area contributed by atoms with Crippen molar-refractivity contribution in [3.8, 4) is 0 Å². The van der Waals surface area contributed by atoms with Crippen LogP contribution in [0.4, 0.5) is 14.5 Å². The van der Waals surface area contributed by atoms with Crippen LogP contribution in [0.5, 0.6) is 0 Å². The molecule has 6 heteroatoms. The number of halogens is 2. The highest BCUT2D eigenvalue weighted by molar-refractivity contribution is 7.99. The highest BCUT2D eigenvalue weighted by Gasteiger charge is 2.13. The van der Waals surface area contributed by atoms with Crippen molar-refractivity contribution in [1.29, 1.82) is 0 Å². The first-order valence-electron chi connectivity index (χ1n) is 4.09. The fraction of sp³-hybridized carbons (Fsp3) is 0. The maximum Gasteiger partial charge on any atom is 0.174 e. The molecule has 1 heterocycles. The Morgan fingerprint density at radius 1 is 1.33 bits per heavy atom. The summed E-state index contributed by atoms with van der Waals surface area (Å²) in [5, 5.41) is 0.464. The number of nitrogens with zero attached hydrogens (tertiary/aromatic N) is 1. The number of rotatable bonds is 2. The average Bonchev–Trinajstić information content (AvgIpc) is 2.71. The van der Waals surface area contributed by atoms with Crippen LogP contribution in [0.3, 0.4) is 0 Å². The number of benzene rings is 1. The van der Waals surface area contributed by atoms with Gasteiger partial charge in [-0.1, -0.05) is 0 Å². The number of hydrogen-bond acceptors (Lipinski definition) is 3. The van der Waals surface area contributed by atoms with Crippen molar-refractivity contribution in [3.05, 3.63) is 36.2 Å². The van der Waals surface area contributed by atoms with Gasteiger partial charge in [0, 0.05) is 18.1 Å². The molecule has 0 aliphatic carbocycles. The van der Waals surface area contributed by atoms with Crippen LogP contribution < -0.4 is 5.73 Å². The van der Waals surface area contributed by atoms with Crippen LogP contribution in [-0.2, 0) is 0 Å². The van der Waals surface area contributed by atoms with E-state index in [1.165, 1.54) is 12.3 Å². The third-order valence-corrected chi connectivity index (χ3v) is 2.79. The number of nitrogens with two attached hydrogens (primary N) is 1. The fourth-order valence-corrected chi connectivity index (χ4v) is 1.86. The van der Waals surface area contributed by atoms with Crippen molar-refractivity contribution >= 4 is 17.4 Å². The Balaban J connectivity index is 2.39. The molecule has 0 aliphatic rings. The van der Waals surface area contributed by atoms with Crippen molar-refractivity contribution in [3.63, 3.8) is 0 Å². The van der Waals surface area contributed by atoms with E-state index in [1.807, 2.05) is 0 Å². The number of nitrogen functional groups attached to an aromatic ring is 1. The highest BCUT2D eigenvalue weighted by Crippen LogP contribution is 2.33. The smallest absolute Gasteiger partial charge is 0.174 e. The summed E-state index contributed by atoms with van der Waals surface area (Å²) in [6.45, 7) is 0. The number of nitrogens with one attached hydrogen (secondary N) is 1. The lowest BCUT2D eigenvalue weighted by Gasteiger charge is -2.04. The highest BCUT2D eigenvalue weighted by atomic mass is 32.2. The lowest BCUT2D eigenvalue weighted by Crippen LogP contribution is -1.95. The van der Waals surface area contributed by atoms with Crippen LogP contribution in [0.2, 0.25) is 0 Å². The van der Waals surface area contributed by atoms with Gasteiger partial charge in [0.25, 0.3) is 0 Å². The van der Waals surface area contributed by atoms with Crippen LogP contribution in [-0.4, -0.2) is 9.97 Å². The van der Waals surface area contributed by atoms with Gasteiger partial charge in [0.05, 0.1) is 4.90 Å². The van der Waals surface area contributed by atoms with Gasteiger partial charge in [0.2, 0.25) is 0 Å². The van der Waals surface area contributed by atoms with E-state index in [2.05, 4.69) is 9.97 Å². The second-order valence-corrected chi connectivity index (χ2v) is 3.78. The number of aromatic nitrogens is 2. The van der Waals surface area contributed by atoms with Crippen LogP contribution in [0, 0.1) is 11.6 Å². The minimum absolute atomic E-state index is 0.0463. The third-order valence-electron chi connectivity index (χ3n) is 1.75. The molecule has 15 heavy (non-hydrogen) atoms. The molecule has 0 radical (unpaired) electrons. The summed E-state index contributed by atoms with van der Waals surface area (Å²) in [6.07, 6.45) is 3.12. The Hall–Kier alpha value is -1.56. The second-order valence-electron chi connectivity index (χ2n) is 2.78. The SMILES string of the molecule is Nc1ccc(F)c(F)c1Sc1ncc[nH]1. The van der Waals surface area contributed by atoms with Crippen LogP contribution in [0.1, 0.15) is 0 Å². The van der Waals surface area contributed by atoms with E-state index in [0.717, 1.165) is 17.8 Å². The molecule has 2 rings (SSSR count). The molecule has 1 aromatic heterocycles. The molecule has 3 nitrogen and oxygen atoms in total. The summed E-state index contributed by atoms with van der Waals surface area (Å²) in [7, 11) is 0. The number of hydrogen-bond donors (Lipinski definition) is 2. The molecule has 0 spiro atoms. The standard InChI is InChI=1S/C9H7F2N3S/c10-5-1-2-6(12)8(7(5)11)15-9-13-3-4-14-9/h1-4H,12H2,(H,13,14). The van der Waals surface area contributed by atoms with Crippen molar-refractivity contribution in [1.82, 2.24) is 9.97 Å². The van der Waals surface area contributed by atoms with Crippen LogP contribution in [0.25, 0.3) is 0 Å². The molecular weight excluding hydrogens is 220 g/mol. The molecular formula is C9H7F2N3S. The van der Waals surface area contributed by atoms with Crippen LogP contribution in [0.15, 0.2) is 34.6 Å². The number of aromatic amines is 1. The van der Waals surface area contributed by atoms with Crippen molar-refractivity contribution in [2.45, 2.75) is 10.1 Å². The summed E-state index contributed by atoms with van der Waals surface area (Å²) < 4.78 is 26.3. The molecule has 0 saturated heterocycles. The van der Waals surface area contributed by atoms with Gasteiger partial charge in [-0.2, -0.15) is 0 Å². The average molecular weight is 227 g/mol. The minimum atomic E-state index is -0.948. The predicted molar refractivity (Wildman–Crippen MR) is 53.5 cm³/mol. The summed E-state index contributed by atoms with van der Waals surface area (Å²) in [5.41, 5.74) is 5.73. The first-order chi connectivity index (χ1) is 7.18. The molecule has 0 aliphatic heterocycles. The van der Waals surface area contributed by atoms with Gasteiger partial charge in [-0.3, -0.25) is 0 Å². The minimum Gasteiger partial charge on any atom is -0.398 e. The number of anilines is 1. The Morgan fingerprint density at radius 2 is 2.13 bits per heavy atom.